The summed E-state index contributed by atoms with van der Waals surface area (Å²) in [7, 11) is 0. The number of para-hydroxylation sites is 1. The zero-order valence-corrected chi connectivity index (χ0v) is 12.9. The summed E-state index contributed by atoms with van der Waals surface area (Å²) in [5.41, 5.74) is 2.98. The van der Waals surface area contributed by atoms with Crippen LogP contribution in [0.2, 0.25) is 0 Å². The van der Waals surface area contributed by atoms with Gasteiger partial charge in [-0.2, -0.15) is 5.10 Å². The van der Waals surface area contributed by atoms with E-state index in [-0.39, 0.29) is 5.56 Å². The molecular weight excluding hydrogens is 293 g/mol. The highest BCUT2D eigenvalue weighted by Crippen LogP contribution is 2.23. The second kappa shape index (κ2) is 6.04. The largest absolute Gasteiger partial charge is 0.319 e. The van der Waals surface area contributed by atoms with Crippen molar-refractivity contribution >= 4 is 11.6 Å². The summed E-state index contributed by atoms with van der Waals surface area (Å²) in [5.74, 6) is -1.03. The Hall–Kier alpha value is -2.95. The molecule has 0 aliphatic rings. The second-order valence-electron chi connectivity index (χ2n) is 5.23. The van der Waals surface area contributed by atoms with Crippen LogP contribution in [0.4, 0.5) is 10.1 Å². The Morgan fingerprint density at radius 2 is 1.70 bits per heavy atom. The van der Waals surface area contributed by atoms with Crippen molar-refractivity contribution in [3.63, 3.8) is 0 Å². The Balaban J connectivity index is 1.94. The van der Waals surface area contributed by atoms with Gasteiger partial charge in [0.25, 0.3) is 5.91 Å². The van der Waals surface area contributed by atoms with Crippen LogP contribution in [0.5, 0.6) is 0 Å². The van der Waals surface area contributed by atoms with Crippen LogP contribution in [0.25, 0.3) is 5.69 Å². The number of halogens is 1. The molecule has 1 amide bonds. The van der Waals surface area contributed by atoms with Crippen molar-refractivity contribution in [1.29, 1.82) is 0 Å². The highest BCUT2D eigenvalue weighted by Gasteiger charge is 2.17. The summed E-state index contributed by atoms with van der Waals surface area (Å²) in [6.07, 6.45) is 0. The first kappa shape index (κ1) is 15.0. The molecule has 2 aromatic carbocycles. The van der Waals surface area contributed by atoms with Gasteiger partial charge >= 0.3 is 0 Å². The van der Waals surface area contributed by atoms with Crippen LogP contribution in [0.3, 0.4) is 0 Å². The maximum Gasteiger partial charge on any atom is 0.258 e. The average Bonchev–Trinajstić information content (AvgIpc) is 2.84. The highest BCUT2D eigenvalue weighted by atomic mass is 19.1. The summed E-state index contributed by atoms with van der Waals surface area (Å²) in [6.45, 7) is 3.67. The number of anilines is 1. The van der Waals surface area contributed by atoms with Crippen LogP contribution >= 0.6 is 0 Å². The fourth-order valence-corrected chi connectivity index (χ4v) is 2.47. The van der Waals surface area contributed by atoms with Crippen LogP contribution < -0.4 is 5.32 Å². The number of amides is 1. The maximum absolute atomic E-state index is 13.7. The minimum absolute atomic E-state index is 0.0127. The zero-order valence-electron chi connectivity index (χ0n) is 12.9. The summed E-state index contributed by atoms with van der Waals surface area (Å²) < 4.78 is 15.5. The Labute approximate surface area is 133 Å². The van der Waals surface area contributed by atoms with Gasteiger partial charge in [-0.25, -0.2) is 9.07 Å². The molecule has 3 aromatic rings. The van der Waals surface area contributed by atoms with Gasteiger partial charge in [-0.15, -0.1) is 0 Å². The van der Waals surface area contributed by atoms with Gasteiger partial charge in [0, 0.05) is 0 Å². The van der Waals surface area contributed by atoms with Gasteiger partial charge in [0.15, 0.2) is 0 Å². The molecule has 116 valence electrons. The van der Waals surface area contributed by atoms with E-state index in [2.05, 4.69) is 10.4 Å². The molecule has 0 bridgehead atoms. The third-order valence-electron chi connectivity index (χ3n) is 3.65. The Kier molecular flexibility index (Phi) is 3.93. The Bertz CT molecular complexity index is 856. The predicted octanol–water partition coefficient (Wildman–Crippen LogP) is 3.88. The van der Waals surface area contributed by atoms with Crippen molar-refractivity contribution in [1.82, 2.24) is 9.78 Å². The van der Waals surface area contributed by atoms with Crippen LogP contribution in [-0.2, 0) is 0 Å². The fourth-order valence-electron chi connectivity index (χ4n) is 2.47. The van der Waals surface area contributed by atoms with E-state index in [1.807, 2.05) is 44.2 Å². The van der Waals surface area contributed by atoms with Crippen molar-refractivity contribution in [2.75, 3.05) is 5.32 Å². The molecule has 5 heteroatoms. The monoisotopic (exact) mass is 309 g/mol. The van der Waals surface area contributed by atoms with Gasteiger partial charge in [-0.05, 0) is 38.1 Å². The lowest BCUT2D eigenvalue weighted by Gasteiger charge is -2.07. The Morgan fingerprint density at radius 3 is 2.39 bits per heavy atom. The van der Waals surface area contributed by atoms with E-state index >= 15 is 0 Å². The third kappa shape index (κ3) is 2.85. The Morgan fingerprint density at radius 1 is 1.04 bits per heavy atom. The summed E-state index contributed by atoms with van der Waals surface area (Å²) in [4.78, 5) is 12.3. The number of benzene rings is 2. The molecule has 0 fully saturated rings. The molecule has 0 saturated heterocycles. The van der Waals surface area contributed by atoms with E-state index in [0.29, 0.717) is 11.4 Å². The van der Waals surface area contributed by atoms with Crippen molar-refractivity contribution < 1.29 is 9.18 Å². The SMILES string of the molecule is Cc1nn(-c2ccccc2)c(C)c1NC(=O)c1ccccc1F. The molecule has 1 N–H and O–H groups in total. The molecule has 3 rings (SSSR count). The first-order chi connectivity index (χ1) is 11.1. The smallest absolute Gasteiger partial charge is 0.258 e. The van der Waals surface area contributed by atoms with Crippen molar-refractivity contribution in [2.24, 2.45) is 0 Å². The van der Waals surface area contributed by atoms with Gasteiger partial charge in [0.05, 0.1) is 28.3 Å². The molecule has 0 atom stereocenters. The number of hydrogen-bond acceptors (Lipinski definition) is 2. The minimum atomic E-state index is -0.546. The summed E-state index contributed by atoms with van der Waals surface area (Å²) >= 11 is 0. The number of rotatable bonds is 3. The number of aryl methyl sites for hydroxylation is 1. The van der Waals surface area contributed by atoms with Gasteiger partial charge in [-0.3, -0.25) is 4.79 Å². The maximum atomic E-state index is 13.7. The quantitative estimate of drug-likeness (QED) is 0.798. The van der Waals surface area contributed by atoms with Crippen molar-refractivity contribution in [2.45, 2.75) is 13.8 Å². The van der Waals surface area contributed by atoms with Crippen molar-refractivity contribution in [3.05, 3.63) is 77.4 Å². The molecule has 1 aromatic heterocycles. The van der Waals surface area contributed by atoms with Gasteiger partial charge in [0.2, 0.25) is 0 Å². The molecule has 4 nitrogen and oxygen atoms in total. The number of nitrogens with one attached hydrogen (secondary N) is 1. The van der Waals surface area contributed by atoms with Crippen LogP contribution in [-0.4, -0.2) is 15.7 Å². The zero-order chi connectivity index (χ0) is 16.4. The number of aromatic nitrogens is 2. The number of carbonyl (C=O) groups excluding carboxylic acids is 1. The molecule has 0 saturated carbocycles. The first-order valence-electron chi connectivity index (χ1n) is 7.25. The molecule has 1 heterocycles. The van der Waals surface area contributed by atoms with Gasteiger partial charge in [0.1, 0.15) is 5.82 Å². The molecule has 0 radical (unpaired) electrons. The van der Waals surface area contributed by atoms with Gasteiger partial charge in [-0.1, -0.05) is 30.3 Å². The number of carbonyl (C=O) groups is 1. The molecular formula is C18H16FN3O. The lowest BCUT2D eigenvalue weighted by atomic mass is 10.2. The van der Waals surface area contributed by atoms with E-state index in [1.165, 1.54) is 12.1 Å². The standard InChI is InChI=1S/C18H16FN3O/c1-12-17(20-18(23)15-10-6-7-11-16(15)19)13(2)22(21-12)14-8-4-3-5-9-14/h3-11H,1-2H3,(H,20,23). The molecule has 0 spiro atoms. The molecule has 0 aliphatic carbocycles. The second-order valence-corrected chi connectivity index (χ2v) is 5.23. The first-order valence-corrected chi connectivity index (χ1v) is 7.25. The highest BCUT2D eigenvalue weighted by molar-refractivity contribution is 6.05. The fraction of sp³-hybridized carbons (Fsp3) is 0.111. The summed E-state index contributed by atoms with van der Waals surface area (Å²) in [5, 5.41) is 7.22. The molecule has 0 unspecified atom stereocenters. The number of hydrogen-bond donors (Lipinski definition) is 1. The normalized spacial score (nSPS) is 10.6. The van der Waals surface area contributed by atoms with E-state index in [4.69, 9.17) is 0 Å². The van der Waals surface area contributed by atoms with Crippen LogP contribution in [0.15, 0.2) is 54.6 Å². The van der Waals surface area contributed by atoms with E-state index in [1.54, 1.807) is 16.8 Å². The minimum Gasteiger partial charge on any atom is -0.319 e. The van der Waals surface area contributed by atoms with E-state index < -0.39 is 11.7 Å². The van der Waals surface area contributed by atoms with Gasteiger partial charge < -0.3 is 5.32 Å². The van der Waals surface area contributed by atoms with E-state index in [0.717, 1.165) is 11.4 Å². The van der Waals surface area contributed by atoms with E-state index in [9.17, 15) is 9.18 Å². The predicted molar refractivity (Wildman–Crippen MR) is 87.4 cm³/mol. The third-order valence-corrected chi connectivity index (χ3v) is 3.65. The lowest BCUT2D eigenvalue weighted by molar-refractivity contribution is 0.102. The van der Waals surface area contributed by atoms with Crippen LogP contribution in [0.1, 0.15) is 21.7 Å². The number of nitrogens with zero attached hydrogens (tertiary/aromatic N) is 2. The average molecular weight is 309 g/mol. The molecule has 23 heavy (non-hydrogen) atoms. The van der Waals surface area contributed by atoms with Crippen LogP contribution in [0, 0.1) is 19.7 Å². The topological polar surface area (TPSA) is 46.9 Å². The molecule has 0 aliphatic heterocycles. The summed E-state index contributed by atoms with van der Waals surface area (Å²) in [6, 6.07) is 15.5. The lowest BCUT2D eigenvalue weighted by Crippen LogP contribution is -2.14. The van der Waals surface area contributed by atoms with Crippen molar-refractivity contribution in [3.8, 4) is 5.69 Å².